The van der Waals surface area contributed by atoms with Crippen LogP contribution in [-0.4, -0.2) is 5.97 Å². The molecule has 7 heavy (non-hydrogen) atoms. The number of nitriles is 1. The quantitative estimate of drug-likeness (QED) is 0.377. The van der Waals surface area contributed by atoms with Gasteiger partial charge in [-0.25, -0.2) is 0 Å². The number of rotatable bonds is 1. The Kier molecular flexibility index (Phi) is 3.15. The fraction of sp³-hybridized carbons (Fsp3) is 0.333. The predicted molar refractivity (Wildman–Crippen MR) is 26.1 cm³/mol. The largest absolute Gasteiger partial charge is 1.00 e. The molecule has 0 amide bonds. The molecule has 3 nitrogen and oxygen atoms in total. The molecule has 0 atom stereocenters. The van der Waals surface area contributed by atoms with Gasteiger partial charge in [-0.3, -0.25) is 4.79 Å². The molecule has 0 aromatic rings. The van der Waals surface area contributed by atoms with E-state index < -0.39 is 5.97 Å². The summed E-state index contributed by atoms with van der Waals surface area (Å²) in [5.74, 6) is -0.452. The Morgan fingerprint density at radius 2 is 2.71 bits per heavy atom. The van der Waals surface area contributed by atoms with Gasteiger partial charge in [0, 0.05) is 6.92 Å². The molecule has 0 rings (SSSR count). The molecule has 0 saturated carbocycles. The summed E-state index contributed by atoms with van der Waals surface area (Å²) in [4.78, 5) is 9.81. The van der Waals surface area contributed by atoms with Crippen LogP contribution in [0, 0.1) is 10.7 Å². The van der Waals surface area contributed by atoms with E-state index in [4.69, 9.17) is 5.26 Å². The molecule has 0 fully saturated rings. The van der Waals surface area contributed by atoms with Gasteiger partial charge in [-0.1, -0.05) is 0 Å². The van der Waals surface area contributed by atoms with Gasteiger partial charge in [-0.2, -0.15) is 5.26 Å². The Morgan fingerprint density at radius 3 is 2.86 bits per heavy atom. The van der Waals surface area contributed by atoms with E-state index in [0.29, 0.717) is 12.0 Å². The van der Waals surface area contributed by atoms with Crippen molar-refractivity contribution in [2.24, 2.45) is 0 Å². The van der Waals surface area contributed by atoms with Gasteiger partial charge < -0.3 is 4.18 Å². The lowest BCUT2D eigenvalue weighted by molar-refractivity contribution is -0.130. The van der Waals surface area contributed by atoms with Crippen LogP contribution in [0.15, 0.2) is 0 Å². The third kappa shape index (κ3) is 5.31. The molecule has 4 heteroatoms. The lowest BCUT2D eigenvalue weighted by atomic mass is 10.9. The molecule has 0 N–H and O–H groups in total. The van der Waals surface area contributed by atoms with Crippen LogP contribution in [0.4, 0.5) is 0 Å². The number of hydrogen-bond acceptors (Lipinski definition) is 4. The Labute approximate surface area is 47.0 Å². The van der Waals surface area contributed by atoms with Gasteiger partial charge >= 0.3 is 7.40 Å². The fourth-order valence-electron chi connectivity index (χ4n) is 0.0773. The maximum Gasteiger partial charge on any atom is 1.00 e. The lowest BCUT2D eigenvalue weighted by Crippen LogP contribution is -1.86. The van der Waals surface area contributed by atoms with Crippen molar-refractivity contribution in [2.45, 2.75) is 6.92 Å². The minimum Gasteiger partial charge on any atom is -0.375 e. The highest BCUT2D eigenvalue weighted by Gasteiger charge is 1.87. The maximum atomic E-state index is 9.81. The minimum atomic E-state index is -0.452. The predicted octanol–water partition coefficient (Wildman–Crippen LogP) is 0.791. The number of carbonyl (C=O) groups excluding carboxylic acids is 1. The molecule has 38 valence electrons. The number of nitrogens with zero attached hydrogens (tertiary/aromatic N) is 1. The van der Waals surface area contributed by atoms with Crippen molar-refractivity contribution in [1.29, 1.82) is 5.26 Å². The van der Waals surface area contributed by atoms with Gasteiger partial charge in [0.15, 0.2) is 17.4 Å². The second-order valence-corrected chi connectivity index (χ2v) is 1.27. The molecule has 0 aliphatic rings. The Morgan fingerprint density at radius 1 is 2.14 bits per heavy atom. The van der Waals surface area contributed by atoms with E-state index >= 15 is 0 Å². The van der Waals surface area contributed by atoms with Crippen molar-refractivity contribution in [3.8, 4) is 5.40 Å². The van der Waals surface area contributed by atoms with Gasteiger partial charge in [-0.15, -0.1) is 0 Å². The van der Waals surface area contributed by atoms with Gasteiger partial charge in [0.25, 0.3) is 0 Å². The minimum absolute atomic E-state index is 0. The first-order valence-corrected chi connectivity index (χ1v) is 2.24. The van der Waals surface area contributed by atoms with E-state index in [1.54, 1.807) is 5.40 Å². The van der Waals surface area contributed by atoms with E-state index in [1.165, 1.54) is 6.92 Å². The van der Waals surface area contributed by atoms with Crippen molar-refractivity contribution in [1.82, 2.24) is 0 Å². The van der Waals surface area contributed by atoms with Crippen LogP contribution in [0.1, 0.15) is 8.35 Å². The zero-order valence-corrected chi connectivity index (χ0v) is 4.49. The standard InChI is InChI=1S/C3H3NO2S/c1-3(5)6-7-2-4/h1H3/p+1. The van der Waals surface area contributed by atoms with Gasteiger partial charge in [0.2, 0.25) is 0 Å². The molecule has 0 heterocycles. The Bertz CT molecular complexity index is 110. The van der Waals surface area contributed by atoms with Gasteiger partial charge in [-0.05, 0) is 0 Å². The second kappa shape index (κ2) is 3.50. The molecule has 0 aliphatic heterocycles. The molecule has 0 aromatic heterocycles. The summed E-state index contributed by atoms with van der Waals surface area (Å²) in [5, 5.41) is 9.32. The van der Waals surface area contributed by atoms with Crippen molar-refractivity contribution in [2.75, 3.05) is 0 Å². The molecule has 0 unspecified atom stereocenters. The molecule has 0 aliphatic carbocycles. The maximum absolute atomic E-state index is 9.81. The van der Waals surface area contributed by atoms with E-state index in [2.05, 4.69) is 4.18 Å². The normalized spacial score (nSPS) is 6.86. The molecule has 0 radical (unpaired) electrons. The van der Waals surface area contributed by atoms with E-state index in [1.807, 2.05) is 0 Å². The first-order chi connectivity index (χ1) is 3.27. The summed E-state index contributed by atoms with van der Waals surface area (Å²) < 4.78 is 4.11. The smallest absolute Gasteiger partial charge is 0.375 e. The fourth-order valence-corrected chi connectivity index (χ4v) is 0.232. The molecular weight excluding hydrogens is 114 g/mol. The Balaban J connectivity index is 0. The van der Waals surface area contributed by atoms with Crippen molar-refractivity contribution < 1.29 is 10.4 Å². The van der Waals surface area contributed by atoms with Crippen LogP contribution in [-0.2, 0) is 8.98 Å². The topological polar surface area (TPSA) is 50.1 Å². The summed E-state index contributed by atoms with van der Waals surface area (Å²) in [6.07, 6.45) is 0. The Hall–Kier alpha value is -0.690. The highest BCUT2D eigenvalue weighted by molar-refractivity contribution is 7.99. The van der Waals surface area contributed by atoms with Gasteiger partial charge in [0.05, 0.1) is 0 Å². The number of hydrogen-bond donors (Lipinski definition) is 0. The first kappa shape index (κ1) is 6.31. The van der Waals surface area contributed by atoms with Crippen molar-refractivity contribution >= 4 is 18.0 Å². The lowest BCUT2D eigenvalue weighted by Gasteiger charge is -1.83. The van der Waals surface area contributed by atoms with Crippen LogP contribution in [0.3, 0.4) is 0 Å². The molecule has 0 bridgehead atoms. The SMILES string of the molecule is CC(=O)OSC#N.[H+]. The van der Waals surface area contributed by atoms with Crippen molar-refractivity contribution in [3.63, 3.8) is 0 Å². The zero-order chi connectivity index (χ0) is 5.70. The molecule has 0 spiro atoms. The zero-order valence-electron chi connectivity index (χ0n) is 4.67. The van der Waals surface area contributed by atoms with E-state index in [-0.39, 0.29) is 1.43 Å². The van der Waals surface area contributed by atoms with E-state index in [0.717, 1.165) is 0 Å². The number of thiocyanates is 1. The summed E-state index contributed by atoms with van der Waals surface area (Å²) in [6, 6.07) is 0. The molecular formula is C3H4NO2S+. The van der Waals surface area contributed by atoms with Gasteiger partial charge in [0.1, 0.15) is 0 Å². The summed E-state index contributed by atoms with van der Waals surface area (Å²) in [7, 11) is 0. The van der Waals surface area contributed by atoms with E-state index in [9.17, 15) is 4.79 Å². The first-order valence-electron chi connectivity index (χ1n) is 1.50. The summed E-state index contributed by atoms with van der Waals surface area (Å²) >= 11 is 0.472. The third-order valence-corrected chi connectivity index (χ3v) is 0.589. The summed E-state index contributed by atoms with van der Waals surface area (Å²) in [5.41, 5.74) is 0. The summed E-state index contributed by atoms with van der Waals surface area (Å²) in [6.45, 7) is 1.24. The van der Waals surface area contributed by atoms with Crippen LogP contribution >= 0.6 is 12.0 Å². The highest BCUT2D eigenvalue weighted by atomic mass is 32.2. The van der Waals surface area contributed by atoms with Crippen LogP contribution < -0.4 is 0 Å². The average molecular weight is 118 g/mol. The monoisotopic (exact) mass is 118 g/mol. The molecule has 0 aromatic carbocycles. The van der Waals surface area contributed by atoms with Crippen LogP contribution in [0.5, 0.6) is 0 Å². The highest BCUT2D eigenvalue weighted by Crippen LogP contribution is 1.96. The second-order valence-electron chi connectivity index (χ2n) is 0.750. The molecule has 0 saturated heterocycles. The van der Waals surface area contributed by atoms with Crippen LogP contribution in [0.25, 0.3) is 0 Å². The van der Waals surface area contributed by atoms with Crippen LogP contribution in [0.2, 0.25) is 0 Å². The number of carbonyl (C=O) groups is 1. The average Bonchev–Trinajstić information content (AvgIpc) is 1.61. The van der Waals surface area contributed by atoms with Crippen molar-refractivity contribution in [3.05, 3.63) is 0 Å². The third-order valence-electron chi connectivity index (χ3n) is 0.196.